The Morgan fingerprint density at radius 1 is 0.960 bits per heavy atom. The third-order valence-electron chi connectivity index (χ3n) is 4.20. The Hall–Kier alpha value is -1.39. The molecule has 128 valence electrons. The summed E-state index contributed by atoms with van der Waals surface area (Å²) in [4.78, 5) is 0. The highest BCUT2D eigenvalue weighted by Crippen LogP contribution is 2.33. The highest BCUT2D eigenvalue weighted by Gasteiger charge is 2.23. The normalized spacial score (nSPS) is 13.0. The Labute approximate surface area is 165 Å². The first-order chi connectivity index (χ1) is 12.0. The lowest BCUT2D eigenvalue weighted by Crippen LogP contribution is -2.05. The van der Waals surface area contributed by atoms with Crippen LogP contribution in [0.1, 0.15) is 16.8 Å². The second-order valence-corrected chi connectivity index (χ2v) is 7.62. The second kappa shape index (κ2) is 6.73. The van der Waals surface area contributed by atoms with Gasteiger partial charge in [-0.2, -0.15) is 5.10 Å². The fourth-order valence-corrected chi connectivity index (χ4v) is 4.07. The number of rotatable bonds is 3. The Balaban J connectivity index is 1.77. The fourth-order valence-electron chi connectivity index (χ4n) is 3.08. The SMILES string of the molecule is Clc1cc(Cl)cc(-n2nc(Cc3ccc(Cl)cc3Cl)c3c2NCC3)c1. The molecule has 1 aliphatic rings. The Morgan fingerprint density at radius 2 is 1.72 bits per heavy atom. The highest BCUT2D eigenvalue weighted by molar-refractivity contribution is 6.35. The molecule has 0 radical (unpaired) electrons. The third kappa shape index (κ3) is 3.34. The molecule has 1 aliphatic heterocycles. The van der Waals surface area contributed by atoms with Crippen LogP contribution in [0.25, 0.3) is 5.69 Å². The number of anilines is 1. The maximum absolute atomic E-state index is 6.33. The maximum atomic E-state index is 6.33. The summed E-state index contributed by atoms with van der Waals surface area (Å²) in [6.07, 6.45) is 1.56. The summed E-state index contributed by atoms with van der Waals surface area (Å²) in [6, 6.07) is 10.9. The molecule has 7 heteroatoms. The van der Waals surface area contributed by atoms with Crippen molar-refractivity contribution >= 4 is 52.2 Å². The van der Waals surface area contributed by atoms with Crippen molar-refractivity contribution in [2.24, 2.45) is 0 Å². The van der Waals surface area contributed by atoms with Crippen molar-refractivity contribution in [3.8, 4) is 5.69 Å². The number of nitrogens with one attached hydrogen (secondary N) is 1. The fraction of sp³-hybridized carbons (Fsp3) is 0.167. The Morgan fingerprint density at radius 3 is 2.44 bits per heavy atom. The van der Waals surface area contributed by atoms with Gasteiger partial charge in [-0.25, -0.2) is 4.68 Å². The summed E-state index contributed by atoms with van der Waals surface area (Å²) in [5.41, 5.74) is 4.01. The van der Waals surface area contributed by atoms with E-state index < -0.39 is 0 Å². The van der Waals surface area contributed by atoms with Crippen LogP contribution in [0.4, 0.5) is 5.82 Å². The van der Waals surface area contributed by atoms with Crippen LogP contribution in [0.15, 0.2) is 36.4 Å². The number of hydrogen-bond donors (Lipinski definition) is 1. The maximum Gasteiger partial charge on any atom is 0.133 e. The summed E-state index contributed by atoms with van der Waals surface area (Å²) in [7, 11) is 0. The zero-order chi connectivity index (χ0) is 17.6. The molecule has 1 aromatic heterocycles. The molecule has 0 aliphatic carbocycles. The number of aromatic nitrogens is 2. The predicted molar refractivity (Wildman–Crippen MR) is 105 cm³/mol. The van der Waals surface area contributed by atoms with Gasteiger partial charge in [0.25, 0.3) is 0 Å². The molecule has 0 spiro atoms. The standard InChI is InChI=1S/C18H13Cl4N3/c19-11-2-1-10(16(22)9-11)5-17-15-3-4-23-18(15)25(24-17)14-7-12(20)6-13(21)8-14/h1-2,6-9,23H,3-5H2. The van der Waals surface area contributed by atoms with Gasteiger partial charge in [-0.3, -0.25) is 0 Å². The number of nitrogens with zero attached hydrogens (tertiary/aromatic N) is 2. The topological polar surface area (TPSA) is 29.9 Å². The number of halogens is 4. The number of benzene rings is 2. The van der Waals surface area contributed by atoms with Gasteiger partial charge < -0.3 is 5.32 Å². The van der Waals surface area contributed by atoms with Crippen molar-refractivity contribution < 1.29 is 0 Å². The molecule has 1 N–H and O–H groups in total. The molecule has 2 aromatic carbocycles. The van der Waals surface area contributed by atoms with Crippen molar-refractivity contribution in [2.75, 3.05) is 11.9 Å². The minimum Gasteiger partial charge on any atom is -0.369 e. The smallest absolute Gasteiger partial charge is 0.133 e. The molecule has 2 heterocycles. The van der Waals surface area contributed by atoms with Crippen molar-refractivity contribution in [2.45, 2.75) is 12.8 Å². The van der Waals surface area contributed by atoms with Gasteiger partial charge in [0.1, 0.15) is 5.82 Å². The predicted octanol–water partition coefficient (Wildman–Crippen LogP) is 6.04. The molecule has 0 saturated carbocycles. The van der Waals surface area contributed by atoms with E-state index in [4.69, 9.17) is 51.5 Å². The third-order valence-corrected chi connectivity index (χ3v) is 5.22. The second-order valence-electron chi connectivity index (χ2n) is 5.90. The van der Waals surface area contributed by atoms with Crippen LogP contribution in [0, 0.1) is 0 Å². The van der Waals surface area contributed by atoms with E-state index in [-0.39, 0.29) is 0 Å². The van der Waals surface area contributed by atoms with Gasteiger partial charge in [0.15, 0.2) is 0 Å². The van der Waals surface area contributed by atoms with Crippen molar-refractivity contribution in [3.05, 3.63) is 73.3 Å². The van der Waals surface area contributed by atoms with E-state index in [1.807, 2.05) is 28.9 Å². The first-order valence-electron chi connectivity index (χ1n) is 7.76. The molecule has 0 amide bonds. The van der Waals surface area contributed by atoms with Crippen molar-refractivity contribution in [3.63, 3.8) is 0 Å². The monoisotopic (exact) mass is 411 g/mol. The quantitative estimate of drug-likeness (QED) is 0.567. The van der Waals surface area contributed by atoms with Gasteiger partial charge in [0.05, 0.1) is 11.4 Å². The van der Waals surface area contributed by atoms with Gasteiger partial charge in [-0.1, -0.05) is 52.5 Å². The van der Waals surface area contributed by atoms with Crippen LogP contribution < -0.4 is 5.32 Å². The average molecular weight is 413 g/mol. The molecule has 25 heavy (non-hydrogen) atoms. The minimum atomic E-state index is 0.576. The summed E-state index contributed by atoms with van der Waals surface area (Å²) < 4.78 is 1.86. The molecule has 0 bridgehead atoms. The van der Waals surface area contributed by atoms with Gasteiger partial charge in [0, 0.05) is 38.6 Å². The molecule has 3 aromatic rings. The summed E-state index contributed by atoms with van der Waals surface area (Å²) >= 11 is 24.6. The number of hydrogen-bond acceptors (Lipinski definition) is 2. The van der Waals surface area contributed by atoms with Crippen LogP contribution in [-0.4, -0.2) is 16.3 Å². The summed E-state index contributed by atoms with van der Waals surface area (Å²) in [5.74, 6) is 0.985. The molecule has 0 atom stereocenters. The van der Waals surface area contributed by atoms with E-state index in [9.17, 15) is 0 Å². The van der Waals surface area contributed by atoms with E-state index >= 15 is 0 Å². The zero-order valence-corrected chi connectivity index (χ0v) is 16.0. The van der Waals surface area contributed by atoms with Crippen LogP contribution in [0.5, 0.6) is 0 Å². The largest absolute Gasteiger partial charge is 0.369 e. The molecular weight excluding hydrogens is 400 g/mol. The Kier molecular flexibility index (Phi) is 4.59. The van der Waals surface area contributed by atoms with E-state index in [2.05, 4.69) is 5.32 Å². The molecule has 0 fully saturated rings. The highest BCUT2D eigenvalue weighted by atomic mass is 35.5. The first kappa shape index (κ1) is 17.0. The van der Waals surface area contributed by atoms with Crippen LogP contribution in [0.2, 0.25) is 20.1 Å². The Bertz CT molecular complexity index is 945. The lowest BCUT2D eigenvalue weighted by atomic mass is 10.1. The van der Waals surface area contributed by atoms with E-state index in [1.54, 1.807) is 12.1 Å². The zero-order valence-electron chi connectivity index (χ0n) is 13.0. The van der Waals surface area contributed by atoms with E-state index in [0.717, 1.165) is 35.7 Å². The minimum absolute atomic E-state index is 0.576. The molecular formula is C18H13Cl4N3. The van der Waals surface area contributed by atoms with E-state index in [1.165, 1.54) is 5.56 Å². The van der Waals surface area contributed by atoms with Crippen LogP contribution in [-0.2, 0) is 12.8 Å². The van der Waals surface area contributed by atoms with Gasteiger partial charge in [0.2, 0.25) is 0 Å². The lowest BCUT2D eigenvalue weighted by Gasteiger charge is -2.08. The summed E-state index contributed by atoms with van der Waals surface area (Å²) in [6.45, 7) is 0.878. The van der Waals surface area contributed by atoms with Crippen LogP contribution in [0.3, 0.4) is 0 Å². The number of fused-ring (bicyclic) bond motifs is 1. The van der Waals surface area contributed by atoms with Crippen LogP contribution >= 0.6 is 46.4 Å². The molecule has 4 rings (SSSR count). The van der Waals surface area contributed by atoms with Crippen molar-refractivity contribution in [1.82, 2.24) is 9.78 Å². The van der Waals surface area contributed by atoms with Gasteiger partial charge in [-0.15, -0.1) is 0 Å². The lowest BCUT2D eigenvalue weighted by molar-refractivity contribution is 0.840. The van der Waals surface area contributed by atoms with Gasteiger partial charge >= 0.3 is 0 Å². The summed E-state index contributed by atoms with van der Waals surface area (Å²) in [5, 5.41) is 10.6. The molecule has 0 saturated heterocycles. The molecule has 3 nitrogen and oxygen atoms in total. The average Bonchev–Trinajstić information content (AvgIpc) is 3.12. The van der Waals surface area contributed by atoms with Crippen molar-refractivity contribution in [1.29, 1.82) is 0 Å². The van der Waals surface area contributed by atoms with Gasteiger partial charge in [-0.05, 0) is 42.3 Å². The van der Waals surface area contributed by atoms with E-state index in [0.29, 0.717) is 26.5 Å². The first-order valence-corrected chi connectivity index (χ1v) is 9.27. The molecule has 0 unspecified atom stereocenters.